The van der Waals surface area contributed by atoms with Crippen LogP contribution in [0.15, 0.2) is 24.3 Å². The molecule has 2 fully saturated rings. The van der Waals surface area contributed by atoms with Crippen LogP contribution in [0.4, 0.5) is 0 Å². The molecule has 2 aliphatic rings. The number of aryl methyl sites for hydroxylation is 1. The predicted octanol–water partition coefficient (Wildman–Crippen LogP) is 2.21. The normalized spacial score (nSPS) is 25.5. The molecular weight excluding hydrogens is 332 g/mol. The van der Waals surface area contributed by atoms with E-state index in [0.29, 0.717) is 25.5 Å². The first-order chi connectivity index (χ1) is 12.5. The van der Waals surface area contributed by atoms with Gasteiger partial charge in [0.05, 0.1) is 13.1 Å². The lowest BCUT2D eigenvalue weighted by atomic mass is 9.85. The Morgan fingerprint density at radius 2 is 2.12 bits per heavy atom. The highest BCUT2D eigenvalue weighted by Crippen LogP contribution is 2.39. The molecule has 3 unspecified atom stereocenters. The molecule has 6 nitrogen and oxygen atoms in total. The van der Waals surface area contributed by atoms with Crippen LogP contribution in [0.2, 0.25) is 0 Å². The molecule has 3 rings (SSSR count). The van der Waals surface area contributed by atoms with Crippen LogP contribution in [0.3, 0.4) is 0 Å². The fourth-order valence-electron chi connectivity index (χ4n) is 4.31. The number of likely N-dealkylation sites (tertiary alicyclic amines) is 1. The number of carbonyl (C=O) groups excluding carboxylic acids is 1. The number of amides is 1. The van der Waals surface area contributed by atoms with E-state index in [9.17, 15) is 14.7 Å². The Morgan fingerprint density at radius 1 is 1.31 bits per heavy atom. The molecule has 6 heteroatoms. The first kappa shape index (κ1) is 18.7. The smallest absolute Gasteiger partial charge is 0.320 e. The van der Waals surface area contributed by atoms with Crippen molar-refractivity contribution in [2.75, 3.05) is 19.7 Å². The van der Waals surface area contributed by atoms with Crippen LogP contribution in [-0.4, -0.2) is 53.7 Å². The molecule has 0 spiro atoms. The van der Waals surface area contributed by atoms with Gasteiger partial charge in [-0.25, -0.2) is 0 Å². The summed E-state index contributed by atoms with van der Waals surface area (Å²) in [6.45, 7) is 2.96. The van der Waals surface area contributed by atoms with Gasteiger partial charge in [0.15, 0.2) is 0 Å². The molecule has 1 aromatic rings. The van der Waals surface area contributed by atoms with Crippen LogP contribution >= 0.6 is 0 Å². The number of ether oxygens (including phenoxy) is 1. The van der Waals surface area contributed by atoms with Crippen LogP contribution < -0.4 is 10.1 Å². The summed E-state index contributed by atoms with van der Waals surface area (Å²) >= 11 is 0. The number of carboxylic acids is 1. The number of carbonyl (C=O) groups is 2. The van der Waals surface area contributed by atoms with Crippen molar-refractivity contribution in [3.8, 4) is 5.75 Å². The third kappa shape index (κ3) is 4.55. The molecule has 1 saturated carbocycles. The quantitative estimate of drug-likeness (QED) is 0.729. The highest BCUT2D eigenvalue weighted by Gasteiger charge is 2.45. The Hall–Kier alpha value is -2.08. The lowest BCUT2D eigenvalue weighted by Crippen LogP contribution is -2.48. The zero-order valence-corrected chi connectivity index (χ0v) is 15.3. The first-order valence-corrected chi connectivity index (χ1v) is 9.49. The number of benzene rings is 1. The molecular formula is C20H28N2O4. The molecule has 26 heavy (non-hydrogen) atoms. The monoisotopic (exact) mass is 360 g/mol. The number of nitrogens with zero attached hydrogens (tertiary/aromatic N) is 1. The van der Waals surface area contributed by atoms with Gasteiger partial charge in [0.2, 0.25) is 5.91 Å². The van der Waals surface area contributed by atoms with Gasteiger partial charge in [-0.1, -0.05) is 25.0 Å². The zero-order chi connectivity index (χ0) is 18.5. The molecule has 3 atom stereocenters. The van der Waals surface area contributed by atoms with Crippen LogP contribution in [0.1, 0.15) is 37.7 Å². The summed E-state index contributed by atoms with van der Waals surface area (Å²) in [4.78, 5) is 25.8. The number of hydrogen-bond acceptors (Lipinski definition) is 4. The van der Waals surface area contributed by atoms with Crippen LogP contribution in [0, 0.1) is 12.8 Å². The fourth-order valence-corrected chi connectivity index (χ4v) is 4.31. The van der Waals surface area contributed by atoms with Gasteiger partial charge in [0, 0.05) is 6.04 Å². The number of aliphatic carboxylic acids is 1. The number of hydrogen-bond donors (Lipinski definition) is 2. The van der Waals surface area contributed by atoms with E-state index in [0.717, 1.165) is 30.6 Å². The topological polar surface area (TPSA) is 78.9 Å². The Balaban J connectivity index is 1.46. The third-order valence-electron chi connectivity index (χ3n) is 5.52. The van der Waals surface area contributed by atoms with E-state index in [-0.39, 0.29) is 18.5 Å². The maximum absolute atomic E-state index is 12.3. The van der Waals surface area contributed by atoms with E-state index in [1.54, 1.807) is 0 Å². The van der Waals surface area contributed by atoms with Crippen LogP contribution in [0.5, 0.6) is 5.75 Å². The van der Waals surface area contributed by atoms with Gasteiger partial charge in [-0.15, -0.1) is 0 Å². The maximum atomic E-state index is 12.3. The molecule has 1 amide bonds. The van der Waals surface area contributed by atoms with Crippen LogP contribution in [-0.2, 0) is 9.59 Å². The van der Waals surface area contributed by atoms with Gasteiger partial charge in [-0.05, 0) is 49.8 Å². The fraction of sp³-hybridized carbons (Fsp3) is 0.600. The van der Waals surface area contributed by atoms with Gasteiger partial charge in [0.25, 0.3) is 0 Å². The molecule has 1 heterocycles. The highest BCUT2D eigenvalue weighted by molar-refractivity contribution is 5.80. The summed E-state index contributed by atoms with van der Waals surface area (Å²) < 4.78 is 5.63. The van der Waals surface area contributed by atoms with E-state index in [2.05, 4.69) is 5.32 Å². The number of carboxylic acid groups (broad SMARTS) is 1. The molecule has 142 valence electrons. The molecule has 1 aromatic carbocycles. The minimum atomic E-state index is -0.810. The second-order valence-electron chi connectivity index (χ2n) is 7.39. The van der Waals surface area contributed by atoms with Crippen molar-refractivity contribution >= 4 is 11.9 Å². The van der Waals surface area contributed by atoms with Crippen molar-refractivity contribution in [2.24, 2.45) is 5.92 Å². The molecule has 0 radical (unpaired) electrons. The Bertz CT molecular complexity index is 648. The summed E-state index contributed by atoms with van der Waals surface area (Å²) in [5.41, 5.74) is 1.13. The molecule has 1 aliphatic carbocycles. The molecule has 2 N–H and O–H groups in total. The van der Waals surface area contributed by atoms with Gasteiger partial charge in [0.1, 0.15) is 18.4 Å². The van der Waals surface area contributed by atoms with E-state index in [1.165, 1.54) is 6.42 Å². The molecule has 0 bridgehead atoms. The van der Waals surface area contributed by atoms with Gasteiger partial charge in [-0.2, -0.15) is 0 Å². The summed E-state index contributed by atoms with van der Waals surface area (Å²) in [7, 11) is 0. The molecule has 1 saturated heterocycles. The Kier molecular flexibility index (Phi) is 6.14. The van der Waals surface area contributed by atoms with E-state index >= 15 is 0 Å². The predicted molar refractivity (Wildman–Crippen MR) is 98.2 cm³/mol. The van der Waals surface area contributed by atoms with Gasteiger partial charge in [-0.3, -0.25) is 14.5 Å². The van der Waals surface area contributed by atoms with Crippen molar-refractivity contribution < 1.29 is 19.4 Å². The van der Waals surface area contributed by atoms with Crippen molar-refractivity contribution in [3.63, 3.8) is 0 Å². The van der Waals surface area contributed by atoms with Crippen molar-refractivity contribution in [2.45, 2.75) is 51.1 Å². The van der Waals surface area contributed by atoms with E-state index < -0.39 is 12.0 Å². The number of fused-ring (bicyclic) bond motifs is 1. The standard InChI is InChI=1S/C20H28N2O4/c1-14-5-4-7-16(11-14)26-10-9-21-19(23)13-22-17-8-3-2-6-15(17)12-18(22)20(24)25/h4-5,7,11,15,17-18H,2-3,6,8-10,12-13H2,1H3,(H,21,23)(H,24,25). The minimum absolute atomic E-state index is 0.129. The minimum Gasteiger partial charge on any atom is -0.492 e. The lowest BCUT2D eigenvalue weighted by molar-refractivity contribution is -0.143. The van der Waals surface area contributed by atoms with Gasteiger partial charge < -0.3 is 15.2 Å². The van der Waals surface area contributed by atoms with E-state index in [1.807, 2.05) is 36.1 Å². The van der Waals surface area contributed by atoms with Gasteiger partial charge >= 0.3 is 5.97 Å². The first-order valence-electron chi connectivity index (χ1n) is 9.49. The average molecular weight is 360 g/mol. The lowest BCUT2D eigenvalue weighted by Gasteiger charge is -2.32. The second kappa shape index (κ2) is 8.54. The Labute approximate surface area is 154 Å². The number of rotatable bonds is 7. The zero-order valence-electron chi connectivity index (χ0n) is 15.3. The maximum Gasteiger partial charge on any atom is 0.320 e. The number of nitrogens with one attached hydrogen (secondary N) is 1. The third-order valence-corrected chi connectivity index (χ3v) is 5.52. The SMILES string of the molecule is Cc1cccc(OCCNC(=O)CN2C(C(=O)O)CC3CCCCC32)c1. The summed E-state index contributed by atoms with van der Waals surface area (Å²) in [5, 5.41) is 12.4. The highest BCUT2D eigenvalue weighted by atomic mass is 16.5. The summed E-state index contributed by atoms with van der Waals surface area (Å²) in [5.74, 6) is 0.266. The average Bonchev–Trinajstić information content (AvgIpc) is 2.98. The van der Waals surface area contributed by atoms with Crippen LogP contribution in [0.25, 0.3) is 0 Å². The van der Waals surface area contributed by atoms with E-state index in [4.69, 9.17) is 4.74 Å². The Morgan fingerprint density at radius 3 is 2.88 bits per heavy atom. The molecule has 1 aliphatic heterocycles. The van der Waals surface area contributed by atoms with Crippen molar-refractivity contribution in [1.29, 1.82) is 0 Å². The summed E-state index contributed by atoms with van der Waals surface area (Å²) in [6, 6.07) is 7.48. The second-order valence-corrected chi connectivity index (χ2v) is 7.39. The van der Waals surface area contributed by atoms with Crippen molar-refractivity contribution in [1.82, 2.24) is 10.2 Å². The van der Waals surface area contributed by atoms with Crippen molar-refractivity contribution in [3.05, 3.63) is 29.8 Å². The summed E-state index contributed by atoms with van der Waals surface area (Å²) in [6.07, 6.45) is 5.04. The molecule has 0 aromatic heterocycles. The largest absolute Gasteiger partial charge is 0.492 e.